The number of ether oxygens (including phenoxy) is 1. The van der Waals surface area contributed by atoms with Crippen LogP contribution in [0.15, 0.2) is 63.6 Å². The Balaban J connectivity index is 1.76. The van der Waals surface area contributed by atoms with Gasteiger partial charge in [0.05, 0.1) is 18.1 Å². The van der Waals surface area contributed by atoms with Crippen molar-refractivity contribution in [1.82, 2.24) is 5.32 Å². The van der Waals surface area contributed by atoms with Crippen LogP contribution in [-0.2, 0) is 14.9 Å². The average Bonchev–Trinajstić information content (AvgIpc) is 2.95. The molecule has 1 aliphatic heterocycles. The van der Waals surface area contributed by atoms with E-state index in [2.05, 4.69) is 15.5 Å². The Hall–Kier alpha value is -2.85. The molecule has 2 aromatic carbocycles. The minimum absolute atomic E-state index is 0.0440. The van der Waals surface area contributed by atoms with Gasteiger partial charge in [0, 0.05) is 0 Å². The highest BCUT2D eigenvalue weighted by Gasteiger charge is 2.38. The smallest absolute Gasteiger partial charge is 0.339 e. The molecular formula is C19H19N3O5S2. The summed E-state index contributed by atoms with van der Waals surface area (Å²) in [6.45, 7) is 3.60. The molecule has 1 amide bonds. The number of carbonyl (C=O) groups is 1. The van der Waals surface area contributed by atoms with Crippen molar-refractivity contribution in [2.75, 3.05) is 7.11 Å². The maximum atomic E-state index is 12.4. The molecule has 0 atom stereocenters. The summed E-state index contributed by atoms with van der Waals surface area (Å²) < 4.78 is 34.7. The molecule has 1 fully saturated rings. The van der Waals surface area contributed by atoms with Gasteiger partial charge in [0.25, 0.3) is 0 Å². The van der Waals surface area contributed by atoms with Gasteiger partial charge in [-0.1, -0.05) is 30.0 Å². The Kier molecular flexibility index (Phi) is 5.94. The number of carbonyl (C=O) groups excluding carboxylic acids is 1. The number of amides is 1. The zero-order chi connectivity index (χ0) is 21.1. The third-order valence-electron chi connectivity index (χ3n) is 3.89. The van der Waals surface area contributed by atoms with Gasteiger partial charge in [-0.15, -0.1) is 5.10 Å². The first-order chi connectivity index (χ1) is 13.7. The maximum Gasteiger partial charge on any atom is 0.339 e. The number of amidine groups is 1. The van der Waals surface area contributed by atoms with E-state index in [-0.39, 0.29) is 22.3 Å². The normalized spacial score (nSPS) is 17.5. The molecule has 1 aliphatic rings. The first-order valence-electron chi connectivity index (χ1n) is 8.50. The van der Waals surface area contributed by atoms with Gasteiger partial charge in [0.2, 0.25) is 5.91 Å². The lowest BCUT2D eigenvalue weighted by atomic mass is 10.2. The minimum Gasteiger partial charge on any atom is -0.493 e. The fraction of sp³-hybridized carbons (Fsp3) is 0.211. The predicted octanol–water partition coefficient (Wildman–Crippen LogP) is 2.79. The van der Waals surface area contributed by atoms with E-state index in [4.69, 9.17) is 8.92 Å². The predicted molar refractivity (Wildman–Crippen MR) is 112 cm³/mol. The lowest BCUT2D eigenvalue weighted by Crippen LogP contribution is -2.30. The number of benzene rings is 2. The SMILES string of the molecule is COc1cc(/C=N/N=C2\NC(=O)C(C)(C)S2)ccc1OS(=O)(=O)c1ccccc1. The number of methoxy groups -OCH3 is 1. The van der Waals surface area contributed by atoms with Crippen LogP contribution in [0.2, 0.25) is 0 Å². The van der Waals surface area contributed by atoms with Gasteiger partial charge in [-0.25, -0.2) is 0 Å². The lowest BCUT2D eigenvalue weighted by molar-refractivity contribution is -0.120. The summed E-state index contributed by atoms with van der Waals surface area (Å²) in [5.41, 5.74) is 0.615. The monoisotopic (exact) mass is 433 g/mol. The molecule has 1 heterocycles. The molecule has 0 spiro atoms. The van der Waals surface area contributed by atoms with Crippen LogP contribution in [0.4, 0.5) is 0 Å². The summed E-state index contributed by atoms with van der Waals surface area (Å²) in [6.07, 6.45) is 1.46. The molecule has 0 radical (unpaired) electrons. The van der Waals surface area contributed by atoms with Crippen molar-refractivity contribution in [2.24, 2.45) is 10.2 Å². The van der Waals surface area contributed by atoms with Gasteiger partial charge in [0.15, 0.2) is 16.7 Å². The van der Waals surface area contributed by atoms with Crippen LogP contribution in [0, 0.1) is 0 Å². The van der Waals surface area contributed by atoms with Crippen LogP contribution >= 0.6 is 11.8 Å². The number of hydrogen-bond donors (Lipinski definition) is 1. The molecule has 0 aliphatic carbocycles. The largest absolute Gasteiger partial charge is 0.493 e. The molecular weight excluding hydrogens is 414 g/mol. The van der Waals surface area contributed by atoms with Gasteiger partial charge < -0.3 is 14.2 Å². The highest BCUT2D eigenvalue weighted by Crippen LogP contribution is 2.31. The molecule has 152 valence electrons. The summed E-state index contributed by atoms with van der Waals surface area (Å²) >= 11 is 1.29. The molecule has 10 heteroatoms. The zero-order valence-corrected chi connectivity index (χ0v) is 17.6. The molecule has 2 aromatic rings. The van der Waals surface area contributed by atoms with E-state index >= 15 is 0 Å². The number of nitrogens with one attached hydrogen (secondary N) is 1. The third kappa shape index (κ3) is 4.96. The van der Waals surface area contributed by atoms with Crippen molar-refractivity contribution < 1.29 is 22.1 Å². The second kappa shape index (κ2) is 8.26. The minimum atomic E-state index is -3.98. The standard InChI is InChI=1S/C19H19N3O5S2/c1-19(2)17(23)21-18(28-19)22-20-12-13-9-10-15(16(11-13)26-3)27-29(24,25)14-7-5-4-6-8-14/h4-12H,1-3H3,(H,21,22,23)/b20-12+. The Morgan fingerprint density at radius 1 is 1.10 bits per heavy atom. The van der Waals surface area contributed by atoms with E-state index < -0.39 is 14.9 Å². The Labute approximate surface area is 173 Å². The van der Waals surface area contributed by atoms with Crippen molar-refractivity contribution in [3.05, 3.63) is 54.1 Å². The summed E-state index contributed by atoms with van der Waals surface area (Å²) in [5, 5.41) is 11.0. The van der Waals surface area contributed by atoms with Gasteiger partial charge in [-0.2, -0.15) is 13.5 Å². The van der Waals surface area contributed by atoms with E-state index in [0.717, 1.165) is 0 Å². The lowest BCUT2D eigenvalue weighted by Gasteiger charge is -2.11. The van der Waals surface area contributed by atoms with Crippen molar-refractivity contribution >= 4 is 39.2 Å². The van der Waals surface area contributed by atoms with E-state index in [1.54, 1.807) is 44.2 Å². The molecule has 3 rings (SSSR count). The molecule has 0 saturated carbocycles. The highest BCUT2D eigenvalue weighted by atomic mass is 32.2. The third-order valence-corrected chi connectivity index (χ3v) is 6.21. The number of nitrogens with zero attached hydrogens (tertiary/aromatic N) is 2. The van der Waals surface area contributed by atoms with Crippen LogP contribution in [0.3, 0.4) is 0 Å². The summed E-state index contributed by atoms with van der Waals surface area (Å²) in [5.74, 6) is 0.158. The number of thioether (sulfide) groups is 1. The van der Waals surface area contributed by atoms with E-state index in [0.29, 0.717) is 10.7 Å². The summed E-state index contributed by atoms with van der Waals surface area (Å²) in [7, 11) is -2.57. The fourth-order valence-corrected chi connectivity index (χ4v) is 4.16. The van der Waals surface area contributed by atoms with E-state index in [1.165, 1.54) is 43.3 Å². The second-order valence-electron chi connectivity index (χ2n) is 6.48. The van der Waals surface area contributed by atoms with Crippen molar-refractivity contribution in [2.45, 2.75) is 23.5 Å². The maximum absolute atomic E-state index is 12.4. The van der Waals surface area contributed by atoms with Crippen molar-refractivity contribution in [1.29, 1.82) is 0 Å². The topological polar surface area (TPSA) is 106 Å². The number of rotatable bonds is 6. The van der Waals surface area contributed by atoms with Crippen molar-refractivity contribution in [3.8, 4) is 11.5 Å². The van der Waals surface area contributed by atoms with Gasteiger partial charge >= 0.3 is 10.1 Å². The fourth-order valence-electron chi connectivity index (χ4n) is 2.34. The highest BCUT2D eigenvalue weighted by molar-refractivity contribution is 8.16. The first-order valence-corrected chi connectivity index (χ1v) is 10.7. The van der Waals surface area contributed by atoms with Gasteiger partial charge in [-0.3, -0.25) is 4.79 Å². The molecule has 0 aromatic heterocycles. The molecule has 0 unspecified atom stereocenters. The van der Waals surface area contributed by atoms with Crippen LogP contribution < -0.4 is 14.2 Å². The molecule has 29 heavy (non-hydrogen) atoms. The number of hydrogen-bond acceptors (Lipinski definition) is 8. The van der Waals surface area contributed by atoms with E-state index in [9.17, 15) is 13.2 Å². The summed E-state index contributed by atoms with van der Waals surface area (Å²) in [4.78, 5) is 11.8. The van der Waals surface area contributed by atoms with Crippen LogP contribution in [0.1, 0.15) is 19.4 Å². The van der Waals surface area contributed by atoms with Crippen LogP contribution in [0.5, 0.6) is 11.5 Å². The Morgan fingerprint density at radius 2 is 1.83 bits per heavy atom. The van der Waals surface area contributed by atoms with Crippen molar-refractivity contribution in [3.63, 3.8) is 0 Å². The van der Waals surface area contributed by atoms with Gasteiger partial charge in [-0.05, 0) is 49.7 Å². The second-order valence-corrected chi connectivity index (χ2v) is 9.63. The van der Waals surface area contributed by atoms with Crippen LogP contribution in [-0.4, -0.2) is 37.6 Å². The molecule has 1 N–H and O–H groups in total. The van der Waals surface area contributed by atoms with E-state index in [1.807, 2.05) is 0 Å². The Bertz CT molecular complexity index is 1080. The zero-order valence-electron chi connectivity index (χ0n) is 15.9. The summed E-state index contributed by atoms with van der Waals surface area (Å²) in [6, 6.07) is 12.5. The molecule has 1 saturated heterocycles. The average molecular weight is 434 g/mol. The first kappa shape index (κ1) is 20.9. The molecule has 0 bridgehead atoms. The molecule has 8 nitrogen and oxygen atoms in total. The quantitative estimate of drug-likeness (QED) is 0.427. The van der Waals surface area contributed by atoms with Gasteiger partial charge in [0.1, 0.15) is 4.90 Å². The van der Waals surface area contributed by atoms with Crippen LogP contribution in [0.25, 0.3) is 0 Å². The Morgan fingerprint density at radius 3 is 2.45 bits per heavy atom.